The molecule has 4 nitrogen and oxygen atoms in total. The molecule has 1 aromatic rings. The molecule has 2 N–H and O–H groups in total. The molecule has 2 amide bonds. The molecule has 1 heterocycles. The van der Waals surface area contributed by atoms with E-state index in [0.717, 1.165) is 18.9 Å². The van der Waals surface area contributed by atoms with E-state index in [1.165, 1.54) is 12.1 Å². The zero-order valence-electron chi connectivity index (χ0n) is 10.2. The maximum atomic E-state index is 13.6. The zero-order chi connectivity index (χ0) is 13.8. The third kappa shape index (κ3) is 3.44. The fraction of sp³-hybridized carbons (Fsp3) is 0.385. The van der Waals surface area contributed by atoms with Gasteiger partial charge in [0.05, 0.1) is 5.56 Å². The summed E-state index contributed by atoms with van der Waals surface area (Å²) in [5.41, 5.74) is -0.110. The summed E-state index contributed by atoms with van der Waals surface area (Å²) in [5.74, 6) is -1.52. The predicted molar refractivity (Wildman–Crippen MR) is 69.5 cm³/mol. The quantitative estimate of drug-likeness (QED) is 0.871. The van der Waals surface area contributed by atoms with E-state index >= 15 is 0 Å². The minimum atomic E-state index is -0.695. The molecule has 0 radical (unpaired) electrons. The van der Waals surface area contributed by atoms with Crippen LogP contribution in [-0.2, 0) is 4.79 Å². The molecule has 0 aliphatic carbocycles. The van der Waals surface area contributed by atoms with Crippen LogP contribution < -0.4 is 10.6 Å². The minimum Gasteiger partial charge on any atom is -0.354 e. The fourth-order valence-corrected chi connectivity index (χ4v) is 2.15. The Morgan fingerprint density at radius 1 is 1.42 bits per heavy atom. The molecule has 1 fully saturated rings. The van der Waals surface area contributed by atoms with Crippen molar-refractivity contribution in [1.82, 2.24) is 10.6 Å². The van der Waals surface area contributed by atoms with Gasteiger partial charge in [0.25, 0.3) is 5.91 Å². The molecule has 1 atom stereocenters. The number of carbonyl (C=O) groups is 2. The average Bonchev–Trinajstić information content (AvgIpc) is 2.55. The third-order valence-corrected chi connectivity index (χ3v) is 3.25. The van der Waals surface area contributed by atoms with Crippen LogP contribution in [0.25, 0.3) is 0 Å². The first-order valence-corrected chi connectivity index (χ1v) is 6.49. The Hall–Kier alpha value is -1.62. The smallest absolute Gasteiger partial charge is 0.254 e. The SMILES string of the molecule is O=C(NC1CCCCNC1=O)c1ccc(Cl)cc1F. The van der Waals surface area contributed by atoms with E-state index in [2.05, 4.69) is 10.6 Å². The molecule has 0 bridgehead atoms. The lowest BCUT2D eigenvalue weighted by atomic mass is 10.1. The normalized spacial score (nSPS) is 19.5. The van der Waals surface area contributed by atoms with Crippen molar-refractivity contribution in [2.75, 3.05) is 6.54 Å². The molecule has 2 rings (SSSR count). The van der Waals surface area contributed by atoms with Gasteiger partial charge >= 0.3 is 0 Å². The highest BCUT2D eigenvalue weighted by molar-refractivity contribution is 6.30. The average molecular weight is 285 g/mol. The summed E-state index contributed by atoms with van der Waals surface area (Å²) in [6.45, 7) is 0.612. The number of benzene rings is 1. The third-order valence-electron chi connectivity index (χ3n) is 3.02. The van der Waals surface area contributed by atoms with E-state index < -0.39 is 17.8 Å². The molecular weight excluding hydrogens is 271 g/mol. The van der Waals surface area contributed by atoms with Crippen molar-refractivity contribution in [3.8, 4) is 0 Å². The van der Waals surface area contributed by atoms with Crippen LogP contribution in [0.1, 0.15) is 29.6 Å². The molecule has 6 heteroatoms. The van der Waals surface area contributed by atoms with Gasteiger partial charge in [0.2, 0.25) is 5.91 Å². The van der Waals surface area contributed by atoms with E-state index in [1.54, 1.807) is 0 Å². The summed E-state index contributed by atoms with van der Waals surface area (Å²) >= 11 is 5.62. The predicted octanol–water partition coefficient (Wildman–Crippen LogP) is 1.88. The van der Waals surface area contributed by atoms with Crippen LogP contribution in [0.5, 0.6) is 0 Å². The van der Waals surface area contributed by atoms with Crippen molar-refractivity contribution in [2.45, 2.75) is 25.3 Å². The number of nitrogens with one attached hydrogen (secondary N) is 2. The second-order valence-electron chi connectivity index (χ2n) is 4.44. The van der Waals surface area contributed by atoms with Crippen LogP contribution >= 0.6 is 11.6 Å². The van der Waals surface area contributed by atoms with E-state index in [9.17, 15) is 14.0 Å². The molecule has 0 aromatic heterocycles. The molecule has 1 aliphatic rings. The highest BCUT2D eigenvalue weighted by Crippen LogP contribution is 2.15. The van der Waals surface area contributed by atoms with Crippen LogP contribution in [0, 0.1) is 5.82 Å². The maximum Gasteiger partial charge on any atom is 0.254 e. The number of hydrogen-bond acceptors (Lipinski definition) is 2. The molecule has 19 heavy (non-hydrogen) atoms. The van der Waals surface area contributed by atoms with Gasteiger partial charge in [0, 0.05) is 11.6 Å². The Kier molecular flexibility index (Phi) is 4.37. The van der Waals surface area contributed by atoms with E-state index in [-0.39, 0.29) is 16.5 Å². The Balaban J connectivity index is 2.09. The standard InChI is InChI=1S/C13H14ClFN2O2/c14-8-4-5-9(10(15)7-8)12(18)17-11-3-1-2-6-16-13(11)19/h4-5,7,11H,1-3,6H2,(H,16,19)(H,17,18). The van der Waals surface area contributed by atoms with Crippen molar-refractivity contribution in [2.24, 2.45) is 0 Å². The van der Waals surface area contributed by atoms with E-state index in [4.69, 9.17) is 11.6 Å². The number of rotatable bonds is 2. The molecule has 1 aromatic carbocycles. The van der Waals surface area contributed by atoms with Crippen molar-refractivity contribution in [1.29, 1.82) is 0 Å². The van der Waals surface area contributed by atoms with Gasteiger partial charge < -0.3 is 10.6 Å². The van der Waals surface area contributed by atoms with Crippen molar-refractivity contribution >= 4 is 23.4 Å². The fourth-order valence-electron chi connectivity index (χ4n) is 1.99. The van der Waals surface area contributed by atoms with Crippen LogP contribution in [0.2, 0.25) is 5.02 Å². The lowest BCUT2D eigenvalue weighted by Gasteiger charge is -2.15. The molecule has 0 spiro atoms. The molecule has 1 saturated heterocycles. The second-order valence-corrected chi connectivity index (χ2v) is 4.87. The maximum absolute atomic E-state index is 13.6. The van der Waals surface area contributed by atoms with Crippen LogP contribution in [0.4, 0.5) is 4.39 Å². The van der Waals surface area contributed by atoms with Gasteiger partial charge in [-0.2, -0.15) is 0 Å². The van der Waals surface area contributed by atoms with Crippen molar-refractivity contribution < 1.29 is 14.0 Å². The summed E-state index contributed by atoms with van der Waals surface area (Å²) in [7, 11) is 0. The zero-order valence-corrected chi connectivity index (χ0v) is 11.0. The largest absolute Gasteiger partial charge is 0.354 e. The summed E-state index contributed by atoms with van der Waals surface area (Å²) < 4.78 is 13.6. The Morgan fingerprint density at radius 2 is 2.21 bits per heavy atom. The van der Waals surface area contributed by atoms with Crippen LogP contribution in [-0.4, -0.2) is 24.4 Å². The van der Waals surface area contributed by atoms with E-state index in [1.807, 2.05) is 0 Å². The topological polar surface area (TPSA) is 58.2 Å². The van der Waals surface area contributed by atoms with Crippen molar-refractivity contribution in [3.63, 3.8) is 0 Å². The van der Waals surface area contributed by atoms with Gasteiger partial charge in [-0.3, -0.25) is 9.59 Å². The Bertz CT molecular complexity index is 507. The molecule has 1 aliphatic heterocycles. The number of hydrogen-bond donors (Lipinski definition) is 2. The Labute approximate surface area is 115 Å². The summed E-state index contributed by atoms with van der Waals surface area (Å²) in [5, 5.41) is 5.48. The molecule has 1 unspecified atom stereocenters. The van der Waals surface area contributed by atoms with Gasteiger partial charge in [-0.05, 0) is 37.5 Å². The first kappa shape index (κ1) is 13.8. The van der Waals surface area contributed by atoms with Gasteiger partial charge in [-0.1, -0.05) is 11.6 Å². The number of halogens is 2. The number of amides is 2. The van der Waals surface area contributed by atoms with Crippen LogP contribution in [0.15, 0.2) is 18.2 Å². The minimum absolute atomic E-state index is 0.110. The lowest BCUT2D eigenvalue weighted by molar-refractivity contribution is -0.122. The lowest BCUT2D eigenvalue weighted by Crippen LogP contribution is -2.45. The van der Waals surface area contributed by atoms with Gasteiger partial charge in [-0.15, -0.1) is 0 Å². The van der Waals surface area contributed by atoms with Crippen LogP contribution in [0.3, 0.4) is 0 Å². The molecule has 0 saturated carbocycles. The van der Waals surface area contributed by atoms with Gasteiger partial charge in [0.1, 0.15) is 11.9 Å². The summed E-state index contributed by atoms with van der Waals surface area (Å²) in [4.78, 5) is 23.6. The van der Waals surface area contributed by atoms with E-state index in [0.29, 0.717) is 13.0 Å². The highest BCUT2D eigenvalue weighted by Gasteiger charge is 2.23. The highest BCUT2D eigenvalue weighted by atomic mass is 35.5. The monoisotopic (exact) mass is 284 g/mol. The van der Waals surface area contributed by atoms with Gasteiger partial charge in [-0.25, -0.2) is 4.39 Å². The Morgan fingerprint density at radius 3 is 2.95 bits per heavy atom. The summed E-state index contributed by atoms with van der Waals surface area (Å²) in [6.07, 6.45) is 2.28. The van der Waals surface area contributed by atoms with Crippen molar-refractivity contribution in [3.05, 3.63) is 34.6 Å². The molecule has 102 valence electrons. The number of carbonyl (C=O) groups excluding carboxylic acids is 2. The second kappa shape index (κ2) is 6.02. The van der Waals surface area contributed by atoms with Gasteiger partial charge in [0.15, 0.2) is 0 Å². The molecular formula is C13H14ClFN2O2. The first-order chi connectivity index (χ1) is 9.08. The summed E-state index contributed by atoms with van der Waals surface area (Å²) in [6, 6.07) is 3.21. The first-order valence-electron chi connectivity index (χ1n) is 6.11.